The molecule has 22 heavy (non-hydrogen) atoms. The zero-order chi connectivity index (χ0) is 16.0. The molecule has 2 atom stereocenters. The monoisotopic (exact) mass is 324 g/mol. The Balaban J connectivity index is 2.16. The van der Waals surface area contributed by atoms with Crippen molar-refractivity contribution in [2.45, 2.75) is 32.2 Å². The molecule has 1 aromatic carbocycles. The Morgan fingerprint density at radius 1 is 1.41 bits per heavy atom. The van der Waals surface area contributed by atoms with Crippen LogP contribution in [-0.4, -0.2) is 33.3 Å². The van der Waals surface area contributed by atoms with Crippen molar-refractivity contribution in [2.75, 3.05) is 18.8 Å². The molecule has 2 aliphatic heterocycles. The van der Waals surface area contributed by atoms with E-state index in [9.17, 15) is 8.60 Å². The summed E-state index contributed by atoms with van der Waals surface area (Å²) in [5.74, 6) is 0.0150. The molecule has 0 bridgehead atoms. The van der Waals surface area contributed by atoms with Gasteiger partial charge in [0, 0.05) is 12.1 Å². The van der Waals surface area contributed by atoms with E-state index in [4.69, 9.17) is 5.73 Å². The number of halogens is 1. The lowest BCUT2D eigenvalue weighted by Gasteiger charge is -2.38. The third-order valence-corrected chi connectivity index (χ3v) is 6.78. The van der Waals surface area contributed by atoms with Crippen molar-refractivity contribution in [3.63, 3.8) is 0 Å². The van der Waals surface area contributed by atoms with Gasteiger partial charge in [0.1, 0.15) is 21.3 Å². The predicted molar refractivity (Wildman–Crippen MR) is 86.4 cm³/mol. The van der Waals surface area contributed by atoms with Crippen LogP contribution in [0.15, 0.2) is 27.6 Å². The first-order chi connectivity index (χ1) is 10.3. The Labute approximate surface area is 130 Å². The van der Waals surface area contributed by atoms with E-state index in [-0.39, 0.29) is 17.5 Å². The maximum atomic E-state index is 14.3. The first kappa shape index (κ1) is 15.3. The normalized spacial score (nSPS) is 31.8. The third kappa shape index (κ3) is 2.47. The maximum absolute atomic E-state index is 14.3. The van der Waals surface area contributed by atoms with Gasteiger partial charge in [-0.25, -0.2) is 18.0 Å². The lowest BCUT2D eigenvalue weighted by atomic mass is 9.93. The van der Waals surface area contributed by atoms with Gasteiger partial charge in [0.25, 0.3) is 0 Å². The van der Waals surface area contributed by atoms with Gasteiger partial charge in [0.05, 0.1) is 12.3 Å². The van der Waals surface area contributed by atoms with Crippen LogP contribution < -0.4 is 5.73 Å². The largest absolute Gasteiger partial charge is 0.369 e. The van der Waals surface area contributed by atoms with Crippen LogP contribution in [0.25, 0.3) is 0 Å². The van der Waals surface area contributed by atoms with Gasteiger partial charge >= 0.3 is 0 Å². The first-order valence-corrected chi connectivity index (χ1v) is 9.08. The van der Waals surface area contributed by atoms with Crippen molar-refractivity contribution < 1.29 is 8.60 Å². The number of hydrogen-bond acceptors (Lipinski definition) is 4. The molecular formula is C15H21FN4OS. The van der Waals surface area contributed by atoms with Gasteiger partial charge in [-0.2, -0.15) is 0 Å². The smallest absolute Gasteiger partial charge is 0.204 e. The fourth-order valence-corrected chi connectivity index (χ4v) is 5.57. The van der Waals surface area contributed by atoms with E-state index in [0.717, 1.165) is 18.4 Å². The Hall–Kier alpha value is -1.63. The average Bonchev–Trinajstić information content (AvgIpc) is 2.62. The lowest BCUT2D eigenvalue weighted by Crippen LogP contribution is -2.52. The third-order valence-electron chi connectivity index (χ3n) is 4.19. The average molecular weight is 324 g/mol. The number of fused-ring (bicyclic) bond motifs is 1. The number of hydrogen-bond donors (Lipinski definition) is 1. The minimum Gasteiger partial charge on any atom is -0.369 e. The number of nitrogens with two attached hydrogens (primary N) is 1. The molecule has 0 spiro atoms. The molecule has 2 heterocycles. The molecule has 7 heteroatoms. The molecule has 120 valence electrons. The van der Waals surface area contributed by atoms with Gasteiger partial charge in [0.15, 0.2) is 0 Å². The molecule has 0 saturated heterocycles. The van der Waals surface area contributed by atoms with E-state index in [2.05, 4.69) is 9.36 Å². The Bertz CT molecular complexity index is 754. The second-order valence-electron chi connectivity index (χ2n) is 6.14. The summed E-state index contributed by atoms with van der Waals surface area (Å²) in [6, 6.07) is 4.88. The van der Waals surface area contributed by atoms with Crippen molar-refractivity contribution in [2.24, 2.45) is 15.1 Å². The summed E-state index contributed by atoms with van der Waals surface area (Å²) >= 11 is 0. The molecule has 1 aromatic rings. The van der Waals surface area contributed by atoms with Crippen LogP contribution in [0, 0.1) is 12.7 Å². The number of aliphatic imine (C=N–C) groups is 1. The quantitative estimate of drug-likeness (QED) is 0.860. The lowest BCUT2D eigenvalue weighted by molar-refractivity contribution is 0.464. The molecule has 3 rings (SSSR count). The highest BCUT2D eigenvalue weighted by molar-refractivity contribution is 7.92. The van der Waals surface area contributed by atoms with E-state index in [0.29, 0.717) is 18.7 Å². The molecule has 5 nitrogen and oxygen atoms in total. The number of guanidine groups is 1. The minimum atomic E-state index is -2.67. The maximum Gasteiger partial charge on any atom is 0.204 e. The van der Waals surface area contributed by atoms with Gasteiger partial charge < -0.3 is 5.73 Å². The van der Waals surface area contributed by atoms with Crippen molar-refractivity contribution in [3.05, 3.63) is 35.1 Å². The molecule has 0 saturated carbocycles. The number of rotatable bonds is 1. The predicted octanol–water partition coefficient (Wildman–Crippen LogP) is 2.16. The highest BCUT2D eigenvalue weighted by Gasteiger charge is 2.42. The fraction of sp³-hybridized carbons (Fsp3) is 0.533. The van der Waals surface area contributed by atoms with E-state index in [1.54, 1.807) is 23.4 Å². The highest BCUT2D eigenvalue weighted by Crippen LogP contribution is 2.35. The zero-order valence-corrected chi connectivity index (χ0v) is 13.7. The van der Waals surface area contributed by atoms with Crippen LogP contribution in [0.3, 0.4) is 0 Å². The molecule has 0 aromatic heterocycles. The molecule has 0 aliphatic carbocycles. The molecular weight excluding hydrogens is 303 g/mol. The molecule has 2 N–H and O–H groups in total. The van der Waals surface area contributed by atoms with Crippen LogP contribution in [0.5, 0.6) is 0 Å². The fourth-order valence-electron chi connectivity index (χ4n) is 3.07. The summed E-state index contributed by atoms with van der Waals surface area (Å²) in [6.45, 7) is 4.81. The SMILES string of the molecule is Cc1ccc(F)c([C@]2(C)C[S@@]3(=O)=NCCCCN3C(N)=N2)c1. The highest BCUT2D eigenvalue weighted by atomic mass is 32.2. The van der Waals surface area contributed by atoms with Crippen molar-refractivity contribution in [3.8, 4) is 0 Å². The van der Waals surface area contributed by atoms with Crippen LogP contribution in [0.4, 0.5) is 4.39 Å². The summed E-state index contributed by atoms with van der Waals surface area (Å²) in [7, 11) is -2.67. The molecule has 0 fully saturated rings. The molecule has 0 amide bonds. The van der Waals surface area contributed by atoms with Gasteiger partial charge in [-0.15, -0.1) is 0 Å². The van der Waals surface area contributed by atoms with Gasteiger partial charge in [0.2, 0.25) is 5.96 Å². The molecule has 0 radical (unpaired) electrons. The Kier molecular flexibility index (Phi) is 3.63. The summed E-state index contributed by atoms with van der Waals surface area (Å²) in [5, 5.41) is 0. The van der Waals surface area contributed by atoms with Gasteiger partial charge in [-0.05, 0) is 32.8 Å². The van der Waals surface area contributed by atoms with Crippen LogP contribution in [0.2, 0.25) is 0 Å². The van der Waals surface area contributed by atoms with Crippen molar-refractivity contribution >= 4 is 15.9 Å². The first-order valence-electron chi connectivity index (χ1n) is 7.44. The summed E-state index contributed by atoms with van der Waals surface area (Å²) in [6.07, 6.45) is 1.77. The second kappa shape index (κ2) is 5.22. The zero-order valence-electron chi connectivity index (χ0n) is 12.9. The number of aryl methyl sites for hydroxylation is 1. The molecule has 0 unspecified atom stereocenters. The van der Waals surface area contributed by atoms with E-state index >= 15 is 0 Å². The van der Waals surface area contributed by atoms with Gasteiger partial charge in [-0.1, -0.05) is 17.7 Å². The topological polar surface area (TPSA) is 71.0 Å². The van der Waals surface area contributed by atoms with E-state index in [1.807, 2.05) is 6.92 Å². The Morgan fingerprint density at radius 3 is 2.95 bits per heavy atom. The van der Waals surface area contributed by atoms with E-state index < -0.39 is 15.5 Å². The Morgan fingerprint density at radius 2 is 2.18 bits per heavy atom. The summed E-state index contributed by atoms with van der Waals surface area (Å²) in [4.78, 5) is 4.50. The molecule has 2 aliphatic rings. The van der Waals surface area contributed by atoms with Crippen LogP contribution in [0.1, 0.15) is 30.9 Å². The number of benzene rings is 1. The second-order valence-corrected chi connectivity index (χ2v) is 8.34. The van der Waals surface area contributed by atoms with Crippen molar-refractivity contribution in [1.82, 2.24) is 4.31 Å². The van der Waals surface area contributed by atoms with Crippen molar-refractivity contribution in [1.29, 1.82) is 0 Å². The summed E-state index contributed by atoms with van der Waals surface area (Å²) in [5.41, 5.74) is 6.46. The summed E-state index contributed by atoms with van der Waals surface area (Å²) < 4.78 is 33.6. The minimum absolute atomic E-state index is 0.168. The van der Waals surface area contributed by atoms with Crippen LogP contribution in [-0.2, 0) is 15.5 Å². The number of nitrogens with zero attached hydrogens (tertiary/aromatic N) is 3. The van der Waals surface area contributed by atoms with E-state index in [1.165, 1.54) is 6.07 Å². The van der Waals surface area contributed by atoms with Crippen LogP contribution >= 0.6 is 0 Å². The van der Waals surface area contributed by atoms with Gasteiger partial charge in [-0.3, -0.25) is 4.31 Å². The standard InChI is InChI=1S/C15H21FN4OS/c1-11-5-6-13(16)12(9-11)15(2)10-22(21)18-7-3-4-8-20(22)14(17)19-15/h5-6,9H,3-4,7-8,10H2,1-2H3,(H2,17,19)/t15-,22+/m0/s1.